The Bertz CT molecular complexity index is 878. The van der Waals surface area contributed by atoms with E-state index in [0.29, 0.717) is 44.0 Å². The van der Waals surface area contributed by atoms with Crippen LogP contribution in [0.4, 0.5) is 0 Å². The van der Waals surface area contributed by atoms with Crippen LogP contribution in [0, 0.1) is 13.8 Å². The fraction of sp³-hybridized carbons (Fsp3) is 0.600. The zero-order valence-corrected chi connectivity index (χ0v) is 18.0. The summed E-state index contributed by atoms with van der Waals surface area (Å²) in [6.07, 6.45) is 2.41. The van der Waals surface area contributed by atoms with E-state index in [1.807, 2.05) is 19.1 Å². The first-order valence-electron chi connectivity index (χ1n) is 10.2. The van der Waals surface area contributed by atoms with Gasteiger partial charge >= 0.3 is 0 Å². The van der Waals surface area contributed by atoms with Gasteiger partial charge in [-0.15, -0.1) is 0 Å². The van der Waals surface area contributed by atoms with Crippen LogP contribution in [0.3, 0.4) is 0 Å². The van der Waals surface area contributed by atoms with Crippen LogP contribution in [-0.4, -0.2) is 74.7 Å². The van der Waals surface area contributed by atoms with Crippen LogP contribution >= 0.6 is 0 Å². The van der Waals surface area contributed by atoms with E-state index < -0.39 is 22.0 Å². The molecule has 9 heteroatoms. The van der Waals surface area contributed by atoms with E-state index >= 15 is 0 Å². The SMILES string of the molecule is Cc1ccc(C)c(S(=O)(=O)N2CC[NH+](CC(=O)N3CCCC[C@@H]3C(N)=O)CC2)c1. The monoisotopic (exact) mass is 423 g/mol. The molecule has 0 aliphatic carbocycles. The normalized spacial score (nSPS) is 21.9. The van der Waals surface area contributed by atoms with Crippen molar-refractivity contribution in [3.63, 3.8) is 0 Å². The fourth-order valence-electron chi connectivity index (χ4n) is 4.19. The number of aryl methyl sites for hydroxylation is 2. The van der Waals surface area contributed by atoms with Gasteiger partial charge < -0.3 is 15.5 Å². The Morgan fingerprint density at radius 1 is 1.14 bits per heavy atom. The molecule has 2 fully saturated rings. The average molecular weight is 424 g/mol. The molecule has 2 saturated heterocycles. The minimum absolute atomic E-state index is 0.0747. The van der Waals surface area contributed by atoms with E-state index in [1.54, 1.807) is 17.9 Å². The van der Waals surface area contributed by atoms with Gasteiger partial charge in [0.05, 0.1) is 31.1 Å². The first kappa shape index (κ1) is 21.7. The lowest BCUT2D eigenvalue weighted by atomic mass is 10.0. The van der Waals surface area contributed by atoms with Crippen molar-refractivity contribution in [2.75, 3.05) is 39.3 Å². The van der Waals surface area contributed by atoms with Crippen LogP contribution in [0.2, 0.25) is 0 Å². The summed E-state index contributed by atoms with van der Waals surface area (Å²) in [5.74, 6) is -0.521. The van der Waals surface area contributed by atoms with Gasteiger partial charge in [0.25, 0.3) is 5.91 Å². The summed E-state index contributed by atoms with van der Waals surface area (Å²) in [4.78, 5) is 27.4. The number of amides is 2. The molecule has 2 aliphatic heterocycles. The molecule has 1 aromatic carbocycles. The highest BCUT2D eigenvalue weighted by Gasteiger charge is 2.35. The number of nitrogens with one attached hydrogen (secondary N) is 1. The van der Waals surface area contributed by atoms with E-state index in [1.165, 1.54) is 4.31 Å². The molecule has 1 aromatic rings. The van der Waals surface area contributed by atoms with Gasteiger partial charge in [-0.1, -0.05) is 12.1 Å². The Kier molecular flexibility index (Phi) is 6.60. The Balaban J connectivity index is 1.61. The number of sulfonamides is 1. The molecule has 0 spiro atoms. The van der Waals surface area contributed by atoms with Crippen LogP contribution in [0.1, 0.15) is 30.4 Å². The first-order chi connectivity index (χ1) is 13.7. The van der Waals surface area contributed by atoms with Crippen molar-refractivity contribution in [2.24, 2.45) is 5.73 Å². The molecule has 0 radical (unpaired) electrons. The summed E-state index contributed by atoms with van der Waals surface area (Å²) in [7, 11) is -3.54. The number of carbonyl (C=O) groups excluding carboxylic acids is 2. The summed E-state index contributed by atoms with van der Waals surface area (Å²) >= 11 is 0. The van der Waals surface area contributed by atoms with Crippen molar-refractivity contribution >= 4 is 21.8 Å². The van der Waals surface area contributed by atoms with Crippen LogP contribution in [0.25, 0.3) is 0 Å². The smallest absolute Gasteiger partial charge is 0.278 e. The van der Waals surface area contributed by atoms with Gasteiger partial charge in [-0.3, -0.25) is 9.59 Å². The molecule has 2 amide bonds. The predicted octanol–water partition coefficient (Wildman–Crippen LogP) is -0.941. The van der Waals surface area contributed by atoms with Gasteiger partial charge in [0.15, 0.2) is 6.54 Å². The standard InChI is InChI=1S/C20H30N4O4S/c1-15-6-7-16(2)18(13-15)29(27,28)23-11-9-22(10-12-23)14-19(25)24-8-4-3-5-17(24)20(21)26/h6-7,13,17H,3-5,8-12,14H2,1-2H3,(H2,21,26)/p+1/t17-/m1/s1. The molecule has 1 atom stereocenters. The number of primary amides is 1. The van der Waals surface area contributed by atoms with Gasteiger partial charge in [-0.05, 0) is 50.3 Å². The Hall–Kier alpha value is -1.97. The van der Waals surface area contributed by atoms with Crippen molar-refractivity contribution in [1.82, 2.24) is 9.21 Å². The number of carbonyl (C=O) groups is 2. The largest absolute Gasteiger partial charge is 0.368 e. The molecule has 29 heavy (non-hydrogen) atoms. The lowest BCUT2D eigenvalue weighted by molar-refractivity contribution is -0.896. The maximum absolute atomic E-state index is 13.0. The molecule has 0 saturated carbocycles. The summed E-state index contributed by atoms with van der Waals surface area (Å²) in [6, 6.07) is 4.94. The van der Waals surface area contributed by atoms with Gasteiger partial charge in [0.1, 0.15) is 6.04 Å². The number of nitrogens with two attached hydrogens (primary N) is 1. The molecule has 160 valence electrons. The van der Waals surface area contributed by atoms with E-state index in [-0.39, 0.29) is 12.5 Å². The highest BCUT2D eigenvalue weighted by Crippen LogP contribution is 2.21. The van der Waals surface area contributed by atoms with E-state index in [9.17, 15) is 18.0 Å². The number of likely N-dealkylation sites (tertiary alicyclic amines) is 1. The van der Waals surface area contributed by atoms with E-state index in [4.69, 9.17) is 5.73 Å². The lowest BCUT2D eigenvalue weighted by Gasteiger charge is -2.36. The molecule has 0 bridgehead atoms. The summed E-state index contributed by atoms with van der Waals surface area (Å²) in [6.45, 7) is 6.38. The Morgan fingerprint density at radius 2 is 1.83 bits per heavy atom. The van der Waals surface area contributed by atoms with Gasteiger partial charge in [-0.25, -0.2) is 8.42 Å². The molecular formula is C20H31N4O4S+. The zero-order valence-electron chi connectivity index (χ0n) is 17.2. The van der Waals surface area contributed by atoms with Crippen molar-refractivity contribution in [1.29, 1.82) is 0 Å². The molecule has 3 N–H and O–H groups in total. The van der Waals surface area contributed by atoms with Crippen LogP contribution < -0.4 is 10.6 Å². The number of nitrogens with zero attached hydrogens (tertiary/aromatic N) is 2. The maximum atomic E-state index is 13.0. The molecule has 0 unspecified atom stereocenters. The maximum Gasteiger partial charge on any atom is 0.278 e. The third-order valence-corrected chi connectivity index (χ3v) is 7.98. The van der Waals surface area contributed by atoms with E-state index in [2.05, 4.69) is 0 Å². The van der Waals surface area contributed by atoms with Crippen LogP contribution in [0.15, 0.2) is 23.1 Å². The van der Waals surface area contributed by atoms with Crippen molar-refractivity contribution < 1.29 is 22.9 Å². The van der Waals surface area contributed by atoms with E-state index in [0.717, 1.165) is 28.9 Å². The zero-order chi connectivity index (χ0) is 21.2. The molecule has 0 aromatic heterocycles. The van der Waals surface area contributed by atoms with Crippen molar-refractivity contribution in [3.8, 4) is 0 Å². The van der Waals surface area contributed by atoms with Crippen LogP contribution in [-0.2, 0) is 19.6 Å². The fourth-order valence-corrected chi connectivity index (χ4v) is 5.94. The summed E-state index contributed by atoms with van der Waals surface area (Å²) < 4.78 is 27.6. The van der Waals surface area contributed by atoms with Crippen molar-refractivity contribution in [3.05, 3.63) is 29.3 Å². The second-order valence-corrected chi connectivity index (χ2v) is 10.0. The van der Waals surface area contributed by atoms with Gasteiger partial charge in [0.2, 0.25) is 15.9 Å². The minimum Gasteiger partial charge on any atom is -0.368 e. The van der Waals surface area contributed by atoms with Gasteiger partial charge in [-0.2, -0.15) is 4.31 Å². The molecule has 8 nitrogen and oxygen atoms in total. The summed E-state index contributed by atoms with van der Waals surface area (Å²) in [5.41, 5.74) is 7.11. The Morgan fingerprint density at radius 3 is 2.48 bits per heavy atom. The number of piperidine rings is 1. The Labute approximate surface area is 172 Å². The molecule has 2 aliphatic rings. The number of hydrogen-bond acceptors (Lipinski definition) is 4. The second-order valence-electron chi connectivity index (χ2n) is 8.10. The minimum atomic E-state index is -3.54. The summed E-state index contributed by atoms with van der Waals surface area (Å²) in [5, 5.41) is 0. The second kappa shape index (κ2) is 8.81. The average Bonchev–Trinajstić information content (AvgIpc) is 2.70. The number of hydrogen-bond donors (Lipinski definition) is 2. The number of rotatable bonds is 5. The van der Waals surface area contributed by atoms with Crippen LogP contribution in [0.5, 0.6) is 0 Å². The lowest BCUT2D eigenvalue weighted by Crippen LogP contribution is -3.15. The molecule has 3 rings (SSSR count). The highest BCUT2D eigenvalue weighted by molar-refractivity contribution is 7.89. The third-order valence-electron chi connectivity index (χ3n) is 5.94. The third kappa shape index (κ3) is 4.79. The number of benzene rings is 1. The number of piperazine rings is 1. The van der Waals surface area contributed by atoms with Crippen molar-refractivity contribution in [2.45, 2.75) is 44.0 Å². The topological polar surface area (TPSA) is 105 Å². The molecular weight excluding hydrogens is 392 g/mol. The number of quaternary nitrogens is 1. The highest BCUT2D eigenvalue weighted by atomic mass is 32.2. The first-order valence-corrected chi connectivity index (χ1v) is 11.6. The van der Waals surface area contributed by atoms with Gasteiger partial charge in [0, 0.05) is 6.54 Å². The quantitative estimate of drug-likeness (QED) is 0.638. The molecule has 2 heterocycles. The predicted molar refractivity (Wildman–Crippen MR) is 109 cm³/mol.